The number of thiol groups is 1. The Kier molecular flexibility index (Phi) is 8.27. The first-order chi connectivity index (χ1) is 12.1. The van der Waals surface area contributed by atoms with Crippen LogP contribution in [0.25, 0.3) is 0 Å². The number of hydrogen-bond donors (Lipinski definition) is 2. The normalized spacial score (nSPS) is 13.7. The molecule has 0 spiro atoms. The molecule has 0 fully saturated rings. The zero-order valence-corrected chi connectivity index (χ0v) is 17.0. The number of rotatable bonds is 11. The minimum atomic E-state index is -0.855. The highest BCUT2D eigenvalue weighted by atomic mass is 79.9. The predicted octanol–water partition coefficient (Wildman–Crippen LogP) is 2.62. The van der Waals surface area contributed by atoms with Crippen LogP contribution in [0.2, 0.25) is 0 Å². The van der Waals surface area contributed by atoms with Crippen molar-refractivity contribution in [3.05, 3.63) is 20.8 Å². The SMILES string of the molecule is CCC[C@H](C(=O)O)[C@H](Cc1csc(Br)n1)c1nnnn1COCCS. The van der Waals surface area contributed by atoms with Gasteiger partial charge in [0.15, 0.2) is 9.74 Å². The molecule has 0 saturated carbocycles. The van der Waals surface area contributed by atoms with Gasteiger partial charge in [-0.25, -0.2) is 9.67 Å². The highest BCUT2D eigenvalue weighted by Gasteiger charge is 2.33. The quantitative estimate of drug-likeness (QED) is 0.401. The van der Waals surface area contributed by atoms with Crippen molar-refractivity contribution in [2.45, 2.75) is 38.8 Å². The maximum atomic E-state index is 11.8. The van der Waals surface area contributed by atoms with Crippen LogP contribution in [0.4, 0.5) is 0 Å². The smallest absolute Gasteiger partial charge is 0.307 e. The number of thiazole rings is 1. The molecule has 11 heteroatoms. The van der Waals surface area contributed by atoms with Gasteiger partial charge in [-0.2, -0.15) is 12.6 Å². The zero-order valence-electron chi connectivity index (χ0n) is 13.7. The van der Waals surface area contributed by atoms with E-state index in [2.05, 4.69) is 49.1 Å². The van der Waals surface area contributed by atoms with E-state index in [1.165, 1.54) is 16.0 Å². The van der Waals surface area contributed by atoms with Gasteiger partial charge in [-0.15, -0.1) is 16.4 Å². The number of tetrazole rings is 1. The molecule has 0 saturated heterocycles. The van der Waals surface area contributed by atoms with Crippen molar-refractivity contribution in [3.8, 4) is 0 Å². The van der Waals surface area contributed by atoms with Crippen LogP contribution in [-0.2, 0) is 22.7 Å². The summed E-state index contributed by atoms with van der Waals surface area (Å²) >= 11 is 8.91. The van der Waals surface area contributed by atoms with E-state index in [0.717, 1.165) is 16.0 Å². The molecule has 2 aromatic heterocycles. The molecule has 0 radical (unpaired) electrons. The summed E-state index contributed by atoms with van der Waals surface area (Å²) in [7, 11) is 0. The zero-order chi connectivity index (χ0) is 18.2. The monoisotopic (exact) mass is 449 g/mol. The van der Waals surface area contributed by atoms with Gasteiger partial charge in [0.2, 0.25) is 0 Å². The van der Waals surface area contributed by atoms with Crippen molar-refractivity contribution in [3.63, 3.8) is 0 Å². The summed E-state index contributed by atoms with van der Waals surface area (Å²) < 4.78 is 7.73. The van der Waals surface area contributed by atoms with Gasteiger partial charge in [0.1, 0.15) is 6.73 Å². The summed E-state index contributed by atoms with van der Waals surface area (Å²) in [5.74, 6) is -0.751. The predicted molar refractivity (Wildman–Crippen MR) is 99.9 cm³/mol. The van der Waals surface area contributed by atoms with Crippen LogP contribution in [0.5, 0.6) is 0 Å². The van der Waals surface area contributed by atoms with Crippen molar-refractivity contribution in [2.75, 3.05) is 12.4 Å². The van der Waals surface area contributed by atoms with Gasteiger partial charge < -0.3 is 9.84 Å². The molecule has 0 bridgehead atoms. The van der Waals surface area contributed by atoms with Crippen molar-refractivity contribution in [1.29, 1.82) is 0 Å². The first kappa shape index (κ1) is 20.3. The third kappa shape index (κ3) is 5.73. The average molecular weight is 450 g/mol. The van der Waals surface area contributed by atoms with Crippen LogP contribution in [0.1, 0.15) is 37.2 Å². The van der Waals surface area contributed by atoms with Crippen molar-refractivity contribution < 1.29 is 14.6 Å². The van der Waals surface area contributed by atoms with Gasteiger partial charge in [0.05, 0.1) is 18.2 Å². The number of carboxylic acids is 1. The van der Waals surface area contributed by atoms with Gasteiger partial charge in [-0.1, -0.05) is 13.3 Å². The number of aliphatic carboxylic acids is 1. The van der Waals surface area contributed by atoms with Crippen LogP contribution in [0.15, 0.2) is 9.30 Å². The van der Waals surface area contributed by atoms with E-state index in [4.69, 9.17) is 4.74 Å². The van der Waals surface area contributed by atoms with Gasteiger partial charge in [-0.05, 0) is 32.8 Å². The number of hydrogen-bond acceptors (Lipinski definition) is 8. The van der Waals surface area contributed by atoms with Crippen molar-refractivity contribution >= 4 is 45.9 Å². The maximum absolute atomic E-state index is 11.8. The summed E-state index contributed by atoms with van der Waals surface area (Å²) in [5, 5.41) is 23.4. The Bertz CT molecular complexity index is 681. The van der Waals surface area contributed by atoms with Crippen molar-refractivity contribution in [2.24, 2.45) is 5.92 Å². The van der Waals surface area contributed by atoms with E-state index in [1.807, 2.05) is 12.3 Å². The van der Waals surface area contributed by atoms with Crippen LogP contribution >= 0.6 is 39.9 Å². The minimum absolute atomic E-state index is 0.165. The van der Waals surface area contributed by atoms with E-state index >= 15 is 0 Å². The first-order valence-electron chi connectivity index (χ1n) is 7.84. The van der Waals surface area contributed by atoms with Crippen LogP contribution in [-0.4, -0.2) is 48.6 Å². The summed E-state index contributed by atoms with van der Waals surface area (Å²) in [6.07, 6.45) is 1.74. The molecule has 1 N–H and O–H groups in total. The highest BCUT2D eigenvalue weighted by molar-refractivity contribution is 9.11. The molecular weight excluding hydrogens is 430 g/mol. The fourth-order valence-corrected chi connectivity index (χ4v) is 3.80. The summed E-state index contributed by atoms with van der Waals surface area (Å²) in [6.45, 7) is 2.59. The maximum Gasteiger partial charge on any atom is 0.307 e. The van der Waals surface area contributed by atoms with E-state index in [0.29, 0.717) is 31.0 Å². The molecule has 0 aliphatic heterocycles. The topological polar surface area (TPSA) is 103 Å². The molecule has 0 aliphatic rings. The molecule has 2 rings (SSSR count). The molecule has 2 aromatic rings. The van der Waals surface area contributed by atoms with E-state index in [9.17, 15) is 9.90 Å². The number of nitrogens with zero attached hydrogens (tertiary/aromatic N) is 5. The Balaban J connectivity index is 2.30. The lowest BCUT2D eigenvalue weighted by molar-refractivity contribution is -0.143. The Morgan fingerprint density at radius 2 is 2.36 bits per heavy atom. The number of carbonyl (C=O) groups is 1. The molecule has 2 atom stereocenters. The molecular formula is C14H20BrN5O3S2. The number of carboxylic acid groups (broad SMARTS) is 1. The Morgan fingerprint density at radius 3 is 2.96 bits per heavy atom. The fraction of sp³-hybridized carbons (Fsp3) is 0.643. The van der Waals surface area contributed by atoms with Crippen molar-refractivity contribution in [1.82, 2.24) is 25.2 Å². The molecule has 25 heavy (non-hydrogen) atoms. The molecule has 138 valence electrons. The highest BCUT2D eigenvalue weighted by Crippen LogP contribution is 2.31. The molecule has 8 nitrogen and oxygen atoms in total. The van der Waals surface area contributed by atoms with Gasteiger partial charge in [-0.3, -0.25) is 4.79 Å². The van der Waals surface area contributed by atoms with Crippen LogP contribution < -0.4 is 0 Å². The fourth-order valence-electron chi connectivity index (χ4n) is 2.61. The van der Waals surface area contributed by atoms with Gasteiger partial charge >= 0.3 is 5.97 Å². The lowest BCUT2D eigenvalue weighted by atomic mass is 9.84. The standard InChI is InChI=1S/C14H20BrN5O3S2/c1-2-3-10(13(21)22)11(6-9-7-25-14(15)16-9)12-17-18-19-20(12)8-23-4-5-24/h7,10-11,24H,2-6,8H2,1H3,(H,21,22)/t10-,11-/m0/s1. The van der Waals surface area contributed by atoms with Crippen LogP contribution in [0, 0.1) is 5.92 Å². The number of halogens is 1. The first-order valence-corrected chi connectivity index (χ1v) is 10.1. The second-order valence-electron chi connectivity index (χ2n) is 5.43. The van der Waals surface area contributed by atoms with Crippen LogP contribution in [0.3, 0.4) is 0 Å². The lowest BCUT2D eigenvalue weighted by Gasteiger charge is -2.22. The molecule has 0 aromatic carbocycles. The third-order valence-electron chi connectivity index (χ3n) is 3.70. The van der Waals surface area contributed by atoms with Gasteiger partial charge in [0, 0.05) is 23.5 Å². The second-order valence-corrected chi connectivity index (χ2v) is 8.01. The van der Waals surface area contributed by atoms with E-state index < -0.39 is 11.9 Å². The Morgan fingerprint density at radius 1 is 1.56 bits per heavy atom. The molecule has 0 aliphatic carbocycles. The molecule has 0 unspecified atom stereocenters. The summed E-state index contributed by atoms with van der Waals surface area (Å²) in [4.78, 5) is 16.2. The minimum Gasteiger partial charge on any atom is -0.481 e. The molecule has 2 heterocycles. The van der Waals surface area contributed by atoms with E-state index in [1.54, 1.807) is 0 Å². The summed E-state index contributed by atoms with van der Waals surface area (Å²) in [5.41, 5.74) is 0.815. The largest absolute Gasteiger partial charge is 0.481 e. The van der Waals surface area contributed by atoms with E-state index in [-0.39, 0.29) is 12.6 Å². The third-order valence-corrected chi connectivity index (χ3v) is 5.29. The Hall–Kier alpha value is -1.04. The Labute approximate surface area is 163 Å². The average Bonchev–Trinajstić information content (AvgIpc) is 3.19. The molecule has 0 amide bonds. The number of aromatic nitrogens is 5. The lowest BCUT2D eigenvalue weighted by Crippen LogP contribution is -2.27. The second kappa shape index (κ2) is 10.2. The van der Waals surface area contributed by atoms with Gasteiger partial charge in [0.25, 0.3) is 0 Å². The summed E-state index contributed by atoms with van der Waals surface area (Å²) in [6, 6.07) is 0. The number of ether oxygens (including phenoxy) is 1.